The molecule has 0 aliphatic heterocycles. The molecule has 0 radical (unpaired) electrons. The second-order valence-corrected chi connectivity index (χ2v) is 3.55. The second-order valence-electron chi connectivity index (χ2n) is 3.55. The highest BCUT2D eigenvalue weighted by molar-refractivity contribution is 5.98. The van der Waals surface area contributed by atoms with Gasteiger partial charge >= 0.3 is 0 Å². The van der Waals surface area contributed by atoms with E-state index >= 15 is 0 Å². The van der Waals surface area contributed by atoms with E-state index in [4.69, 9.17) is 15.3 Å². The fourth-order valence-electron chi connectivity index (χ4n) is 1.44. The maximum Gasteiger partial charge on any atom is 0.142 e. The fourth-order valence-corrected chi connectivity index (χ4v) is 1.44. The van der Waals surface area contributed by atoms with Gasteiger partial charge in [0, 0.05) is 12.7 Å². The number of hydrogen-bond donors (Lipinski definition) is 2. The minimum atomic E-state index is 0.562. The molecule has 0 unspecified atom stereocenters. The van der Waals surface area contributed by atoms with Gasteiger partial charge in [-0.3, -0.25) is 4.99 Å². The Morgan fingerprint density at radius 3 is 2.76 bits per heavy atom. The van der Waals surface area contributed by atoms with Crippen molar-refractivity contribution < 1.29 is 9.47 Å². The number of aliphatic imine (C=N–C) groups is 1. The summed E-state index contributed by atoms with van der Waals surface area (Å²) >= 11 is 0. The molecule has 0 aliphatic carbocycles. The molecule has 0 bridgehead atoms. The molecule has 5 heteroatoms. The number of amidine groups is 1. The molecule has 5 nitrogen and oxygen atoms in total. The number of nitrogens with zero attached hydrogens (tertiary/aromatic N) is 1. The lowest BCUT2D eigenvalue weighted by atomic mass is 10.1. The Morgan fingerprint density at radius 2 is 2.18 bits per heavy atom. The van der Waals surface area contributed by atoms with Crippen LogP contribution in [0.25, 0.3) is 0 Å². The Morgan fingerprint density at radius 1 is 1.41 bits per heavy atom. The average molecular weight is 237 g/mol. The lowest BCUT2D eigenvalue weighted by molar-refractivity contribution is 0.208. The second kappa shape index (κ2) is 6.88. The molecule has 0 atom stereocenters. The van der Waals surface area contributed by atoms with Crippen LogP contribution in [-0.2, 0) is 4.74 Å². The number of nitrogens with one attached hydrogen (secondary N) is 1. The molecule has 0 spiro atoms. The van der Waals surface area contributed by atoms with Crippen molar-refractivity contribution in [2.45, 2.75) is 6.92 Å². The Kier molecular flexibility index (Phi) is 5.45. The first-order chi connectivity index (χ1) is 8.22. The Hall–Kier alpha value is -1.59. The van der Waals surface area contributed by atoms with Gasteiger partial charge in [0.1, 0.15) is 11.6 Å². The largest absolute Gasteiger partial charge is 0.496 e. The SMILES string of the molecule is COCCN=C(NN)c1ccc(C)c(OC)c1. The molecule has 3 N–H and O–H groups in total. The first-order valence-electron chi connectivity index (χ1n) is 5.38. The standard InChI is InChI=1S/C12H19N3O2/c1-9-4-5-10(8-11(9)17-3)12(15-13)14-6-7-16-2/h4-5,8H,6-7,13H2,1-3H3,(H,14,15). The van der Waals surface area contributed by atoms with Crippen LogP contribution in [0.1, 0.15) is 11.1 Å². The lowest BCUT2D eigenvalue weighted by Gasteiger charge is -2.09. The highest BCUT2D eigenvalue weighted by Crippen LogP contribution is 2.18. The van der Waals surface area contributed by atoms with Crippen molar-refractivity contribution in [1.29, 1.82) is 0 Å². The smallest absolute Gasteiger partial charge is 0.142 e. The minimum absolute atomic E-state index is 0.562. The van der Waals surface area contributed by atoms with Gasteiger partial charge in [-0.15, -0.1) is 0 Å². The third-order valence-corrected chi connectivity index (χ3v) is 2.38. The van der Waals surface area contributed by atoms with Gasteiger partial charge in [-0.25, -0.2) is 5.84 Å². The van der Waals surface area contributed by atoms with Gasteiger partial charge in [-0.05, 0) is 18.6 Å². The van der Waals surface area contributed by atoms with E-state index in [-0.39, 0.29) is 0 Å². The van der Waals surface area contributed by atoms with Gasteiger partial charge in [0.25, 0.3) is 0 Å². The van der Waals surface area contributed by atoms with Crippen LogP contribution in [-0.4, -0.2) is 33.2 Å². The van der Waals surface area contributed by atoms with E-state index in [1.54, 1.807) is 14.2 Å². The summed E-state index contributed by atoms with van der Waals surface area (Å²) in [6.07, 6.45) is 0. The van der Waals surface area contributed by atoms with E-state index in [9.17, 15) is 0 Å². The van der Waals surface area contributed by atoms with Crippen molar-refractivity contribution in [3.63, 3.8) is 0 Å². The quantitative estimate of drug-likeness (QED) is 0.262. The van der Waals surface area contributed by atoms with Crippen molar-refractivity contribution in [1.82, 2.24) is 5.43 Å². The number of hydrogen-bond acceptors (Lipinski definition) is 4. The van der Waals surface area contributed by atoms with E-state index < -0.39 is 0 Å². The molecule has 1 rings (SSSR count). The number of nitrogens with two attached hydrogens (primary N) is 1. The van der Waals surface area contributed by atoms with Crippen molar-refractivity contribution in [2.75, 3.05) is 27.4 Å². The van der Waals surface area contributed by atoms with E-state index in [0.29, 0.717) is 19.0 Å². The molecule has 0 fully saturated rings. The summed E-state index contributed by atoms with van der Waals surface area (Å²) in [5, 5.41) is 0. The van der Waals surface area contributed by atoms with Crippen LogP contribution >= 0.6 is 0 Å². The van der Waals surface area contributed by atoms with E-state index in [2.05, 4.69) is 10.4 Å². The average Bonchev–Trinajstić information content (AvgIpc) is 2.36. The third kappa shape index (κ3) is 3.72. The number of benzene rings is 1. The highest BCUT2D eigenvalue weighted by Gasteiger charge is 2.05. The topological polar surface area (TPSA) is 68.9 Å². The number of methoxy groups -OCH3 is 2. The molecule has 0 aromatic heterocycles. The van der Waals surface area contributed by atoms with Gasteiger partial charge in [0.2, 0.25) is 0 Å². The van der Waals surface area contributed by atoms with Gasteiger partial charge in [0.15, 0.2) is 0 Å². The van der Waals surface area contributed by atoms with Crippen molar-refractivity contribution in [3.05, 3.63) is 29.3 Å². The summed E-state index contributed by atoms with van der Waals surface area (Å²) in [5.41, 5.74) is 4.56. The molecule has 1 aromatic rings. The number of hydrazine groups is 1. The zero-order chi connectivity index (χ0) is 12.7. The minimum Gasteiger partial charge on any atom is -0.496 e. The third-order valence-electron chi connectivity index (χ3n) is 2.38. The first kappa shape index (κ1) is 13.5. The molecular weight excluding hydrogens is 218 g/mol. The van der Waals surface area contributed by atoms with Gasteiger partial charge in [-0.1, -0.05) is 12.1 Å². The number of rotatable bonds is 5. The maximum absolute atomic E-state index is 5.45. The molecule has 94 valence electrons. The lowest BCUT2D eigenvalue weighted by Crippen LogP contribution is -2.31. The summed E-state index contributed by atoms with van der Waals surface area (Å²) < 4.78 is 10.2. The first-order valence-corrected chi connectivity index (χ1v) is 5.38. The summed E-state index contributed by atoms with van der Waals surface area (Å²) in [6.45, 7) is 3.11. The van der Waals surface area contributed by atoms with Crippen LogP contribution in [0.5, 0.6) is 5.75 Å². The molecule has 0 saturated heterocycles. The van der Waals surface area contributed by atoms with E-state index in [1.165, 1.54) is 0 Å². The van der Waals surface area contributed by atoms with Gasteiger partial charge < -0.3 is 14.9 Å². The van der Waals surface area contributed by atoms with Crippen molar-refractivity contribution >= 4 is 5.84 Å². The van der Waals surface area contributed by atoms with Gasteiger partial charge in [0.05, 0.1) is 20.3 Å². The number of aryl methyl sites for hydroxylation is 1. The molecule has 0 heterocycles. The Balaban J connectivity index is 2.91. The summed E-state index contributed by atoms with van der Waals surface area (Å²) in [7, 11) is 3.28. The monoisotopic (exact) mass is 237 g/mol. The molecule has 0 amide bonds. The molecular formula is C12H19N3O2. The number of ether oxygens (including phenoxy) is 2. The Labute approximate surface area is 102 Å². The zero-order valence-corrected chi connectivity index (χ0v) is 10.5. The normalized spacial score (nSPS) is 11.4. The van der Waals surface area contributed by atoms with Crippen LogP contribution in [0, 0.1) is 6.92 Å². The highest BCUT2D eigenvalue weighted by atomic mass is 16.5. The van der Waals surface area contributed by atoms with Crippen LogP contribution < -0.4 is 16.0 Å². The molecule has 0 saturated carbocycles. The summed E-state index contributed by atoms with van der Waals surface area (Å²) in [4.78, 5) is 4.31. The van der Waals surface area contributed by atoms with Crippen LogP contribution in [0.15, 0.2) is 23.2 Å². The van der Waals surface area contributed by atoms with Gasteiger partial charge in [-0.2, -0.15) is 0 Å². The van der Waals surface area contributed by atoms with Crippen LogP contribution in [0.2, 0.25) is 0 Å². The van der Waals surface area contributed by atoms with E-state index in [1.807, 2.05) is 25.1 Å². The zero-order valence-electron chi connectivity index (χ0n) is 10.5. The van der Waals surface area contributed by atoms with Crippen LogP contribution in [0.4, 0.5) is 0 Å². The predicted octanol–water partition coefficient (Wildman–Crippen LogP) is 0.860. The summed E-state index contributed by atoms with van der Waals surface area (Å²) in [6, 6.07) is 5.82. The van der Waals surface area contributed by atoms with Crippen LogP contribution in [0.3, 0.4) is 0 Å². The van der Waals surface area contributed by atoms with E-state index in [0.717, 1.165) is 16.9 Å². The maximum atomic E-state index is 5.45. The molecule has 17 heavy (non-hydrogen) atoms. The fraction of sp³-hybridized carbons (Fsp3) is 0.417. The van der Waals surface area contributed by atoms with Crippen molar-refractivity contribution in [2.24, 2.45) is 10.8 Å². The summed E-state index contributed by atoms with van der Waals surface area (Å²) in [5.74, 6) is 6.90. The Bertz CT molecular complexity index is 391. The van der Waals surface area contributed by atoms with Crippen molar-refractivity contribution in [3.8, 4) is 5.75 Å². The molecule has 1 aromatic carbocycles. The molecule has 0 aliphatic rings. The predicted molar refractivity (Wildman–Crippen MR) is 68.3 cm³/mol.